The van der Waals surface area contributed by atoms with Gasteiger partial charge in [0.25, 0.3) is 0 Å². The van der Waals surface area contributed by atoms with Crippen molar-refractivity contribution in [3.05, 3.63) is 35.9 Å². The zero-order valence-corrected chi connectivity index (χ0v) is 13.4. The molecule has 0 saturated heterocycles. The van der Waals surface area contributed by atoms with Crippen molar-refractivity contribution in [1.29, 1.82) is 0 Å². The second-order valence-corrected chi connectivity index (χ2v) is 6.77. The summed E-state index contributed by atoms with van der Waals surface area (Å²) in [6.07, 6.45) is -1.57. The van der Waals surface area contributed by atoms with E-state index in [0.717, 1.165) is 0 Å². The van der Waals surface area contributed by atoms with Crippen LogP contribution in [-0.2, 0) is 24.7 Å². The van der Waals surface area contributed by atoms with Gasteiger partial charge in [-0.05, 0) is 24.9 Å². The highest BCUT2D eigenvalue weighted by Gasteiger charge is 2.56. The number of thiol groups is 1. The standard InChI is InChI=1S/C12H16NO7PS/c1-2-12(10(14)15,21(17,18)20-22)13-11(16)19-8-9-6-4-3-5-7-9/h3-7,22H,2,8H2,1H3,(H,13,16)(H,14,15)(H,17,18)/t12-/m0/s1. The molecule has 1 unspecified atom stereocenters. The Morgan fingerprint density at radius 2 is 1.95 bits per heavy atom. The number of carbonyl (C=O) groups excluding carboxylic acids is 1. The lowest BCUT2D eigenvalue weighted by Gasteiger charge is -2.30. The Kier molecular flexibility index (Phi) is 6.43. The van der Waals surface area contributed by atoms with Crippen LogP contribution in [0.15, 0.2) is 30.3 Å². The molecule has 0 heterocycles. The van der Waals surface area contributed by atoms with Gasteiger partial charge in [0.05, 0.1) is 0 Å². The second kappa shape index (κ2) is 7.64. The van der Waals surface area contributed by atoms with Gasteiger partial charge in [0, 0.05) is 0 Å². The van der Waals surface area contributed by atoms with E-state index >= 15 is 0 Å². The maximum atomic E-state index is 11.9. The van der Waals surface area contributed by atoms with Gasteiger partial charge in [0.1, 0.15) is 6.61 Å². The van der Waals surface area contributed by atoms with Gasteiger partial charge >= 0.3 is 19.7 Å². The minimum Gasteiger partial charge on any atom is -0.479 e. The number of carboxylic acid groups (broad SMARTS) is 1. The third-order valence-corrected chi connectivity index (χ3v) is 5.45. The SMILES string of the molecule is CC[C@@](NC(=O)OCc1ccccc1)(C(=O)O)P(=O)(O)OS. The van der Waals surface area contributed by atoms with Crippen LogP contribution in [0.5, 0.6) is 0 Å². The largest absolute Gasteiger partial charge is 0.479 e. The average Bonchev–Trinajstić information content (AvgIpc) is 2.51. The number of rotatable bonds is 7. The summed E-state index contributed by atoms with van der Waals surface area (Å²) in [6, 6.07) is 8.65. The monoisotopic (exact) mass is 349 g/mol. The Balaban J connectivity index is 2.84. The molecular formula is C12H16NO7PS. The lowest BCUT2D eigenvalue weighted by molar-refractivity contribution is -0.141. The number of benzene rings is 1. The van der Waals surface area contributed by atoms with Gasteiger partial charge in [-0.25, -0.2) is 13.6 Å². The van der Waals surface area contributed by atoms with Gasteiger partial charge in [0.15, 0.2) is 0 Å². The Morgan fingerprint density at radius 3 is 2.41 bits per heavy atom. The van der Waals surface area contributed by atoms with Gasteiger partial charge in [-0.2, -0.15) is 0 Å². The average molecular weight is 349 g/mol. The fraction of sp³-hybridized carbons (Fsp3) is 0.333. The quantitative estimate of drug-likeness (QED) is 0.338. The number of carboxylic acids is 1. The molecule has 1 aromatic carbocycles. The first-order valence-corrected chi connectivity index (χ1v) is 8.11. The van der Waals surface area contributed by atoms with Crippen LogP contribution in [0, 0.1) is 0 Å². The molecule has 122 valence electrons. The molecule has 0 spiro atoms. The van der Waals surface area contributed by atoms with Crippen molar-refractivity contribution in [1.82, 2.24) is 5.32 Å². The number of hydrogen-bond donors (Lipinski definition) is 4. The molecule has 0 radical (unpaired) electrons. The zero-order chi connectivity index (χ0) is 16.8. The molecule has 0 aliphatic rings. The van der Waals surface area contributed by atoms with E-state index in [1.54, 1.807) is 30.3 Å². The third kappa shape index (κ3) is 4.01. The lowest BCUT2D eigenvalue weighted by atomic mass is 10.2. The van der Waals surface area contributed by atoms with Crippen molar-refractivity contribution in [2.24, 2.45) is 0 Å². The van der Waals surface area contributed by atoms with E-state index in [1.807, 2.05) is 5.32 Å². The highest BCUT2D eigenvalue weighted by molar-refractivity contribution is 7.81. The molecule has 0 aromatic heterocycles. The lowest BCUT2D eigenvalue weighted by Crippen LogP contribution is -2.54. The van der Waals surface area contributed by atoms with Gasteiger partial charge in [-0.15, -0.1) is 0 Å². The molecule has 1 rings (SSSR count). The van der Waals surface area contributed by atoms with Crippen molar-refractivity contribution in [2.75, 3.05) is 0 Å². The second-order valence-electron chi connectivity index (χ2n) is 4.31. The predicted octanol–water partition coefficient (Wildman–Crippen LogP) is 2.15. The van der Waals surface area contributed by atoms with Gasteiger partial charge in [-0.3, -0.25) is 9.88 Å². The molecule has 1 amide bonds. The van der Waals surface area contributed by atoms with Gasteiger partial charge in [-0.1, -0.05) is 37.3 Å². The summed E-state index contributed by atoms with van der Waals surface area (Å²) in [5.41, 5.74) is 0.674. The first kappa shape index (κ1) is 18.5. The van der Waals surface area contributed by atoms with Crippen molar-refractivity contribution >= 4 is 32.6 Å². The van der Waals surface area contributed by atoms with Crippen molar-refractivity contribution < 1.29 is 32.9 Å². The predicted molar refractivity (Wildman–Crippen MR) is 80.3 cm³/mol. The van der Waals surface area contributed by atoms with Crippen LogP contribution in [-0.4, -0.2) is 27.3 Å². The Labute approximate surface area is 132 Å². The van der Waals surface area contributed by atoms with Crippen LogP contribution in [0.3, 0.4) is 0 Å². The van der Waals surface area contributed by atoms with Crippen LogP contribution in [0.4, 0.5) is 4.79 Å². The number of carbonyl (C=O) groups is 2. The number of ether oxygens (including phenoxy) is 1. The van der Waals surface area contributed by atoms with Crippen LogP contribution < -0.4 is 5.32 Å². The molecule has 22 heavy (non-hydrogen) atoms. The van der Waals surface area contributed by atoms with Gasteiger partial charge < -0.3 is 14.7 Å². The Hall–Kier alpha value is -1.54. The summed E-state index contributed by atoms with van der Waals surface area (Å²) in [4.78, 5) is 32.7. The minimum absolute atomic E-state index is 0.121. The number of aliphatic carboxylic acids is 1. The number of amides is 1. The first-order chi connectivity index (χ1) is 10.3. The summed E-state index contributed by atoms with van der Waals surface area (Å²) in [5, 5.41) is 8.56. The molecule has 0 fully saturated rings. The van der Waals surface area contributed by atoms with E-state index < -0.39 is 31.4 Å². The minimum atomic E-state index is -4.77. The van der Waals surface area contributed by atoms with E-state index in [1.165, 1.54) is 6.92 Å². The molecule has 1 aromatic rings. The maximum Gasteiger partial charge on any atom is 0.408 e. The smallest absolute Gasteiger partial charge is 0.408 e. The van der Waals surface area contributed by atoms with E-state index in [0.29, 0.717) is 5.56 Å². The molecule has 0 saturated carbocycles. The first-order valence-electron chi connectivity index (χ1n) is 6.17. The normalized spacial score (nSPS) is 16.1. The van der Waals surface area contributed by atoms with Gasteiger partial charge in [0.2, 0.25) is 5.28 Å². The molecule has 3 N–H and O–H groups in total. The Morgan fingerprint density at radius 1 is 1.36 bits per heavy atom. The van der Waals surface area contributed by atoms with Crippen molar-refractivity contribution in [3.63, 3.8) is 0 Å². The summed E-state index contributed by atoms with van der Waals surface area (Å²) in [7, 11) is -4.77. The number of alkyl carbamates (subject to hydrolysis) is 1. The van der Waals surface area contributed by atoms with Crippen molar-refractivity contribution in [2.45, 2.75) is 25.2 Å². The van der Waals surface area contributed by atoms with Crippen LogP contribution in [0.25, 0.3) is 0 Å². The fourth-order valence-electron chi connectivity index (χ4n) is 1.68. The topological polar surface area (TPSA) is 122 Å². The Bertz CT molecular complexity index is 582. The summed E-state index contributed by atoms with van der Waals surface area (Å²) < 4.78 is 20.8. The number of hydrogen-bond acceptors (Lipinski definition) is 6. The van der Waals surface area contributed by atoms with E-state index in [2.05, 4.69) is 16.9 Å². The van der Waals surface area contributed by atoms with E-state index in [4.69, 9.17) is 4.74 Å². The molecule has 2 atom stereocenters. The summed E-state index contributed by atoms with van der Waals surface area (Å²) in [5.74, 6) is -1.73. The third-order valence-electron chi connectivity index (χ3n) is 2.98. The molecular weight excluding hydrogens is 333 g/mol. The molecule has 0 bridgehead atoms. The maximum absolute atomic E-state index is 11.9. The zero-order valence-electron chi connectivity index (χ0n) is 11.6. The highest BCUT2D eigenvalue weighted by Crippen LogP contribution is 2.56. The van der Waals surface area contributed by atoms with Crippen LogP contribution in [0.2, 0.25) is 0 Å². The molecule has 8 nitrogen and oxygen atoms in total. The van der Waals surface area contributed by atoms with E-state index in [-0.39, 0.29) is 6.61 Å². The summed E-state index contributed by atoms with van der Waals surface area (Å²) in [6.45, 7) is 1.19. The van der Waals surface area contributed by atoms with E-state index in [9.17, 15) is 24.2 Å². The molecule has 0 aliphatic carbocycles. The van der Waals surface area contributed by atoms with Crippen LogP contribution >= 0.6 is 20.5 Å². The van der Waals surface area contributed by atoms with Crippen LogP contribution in [0.1, 0.15) is 18.9 Å². The summed E-state index contributed by atoms with van der Waals surface area (Å²) >= 11 is 3.21. The molecule has 10 heteroatoms. The fourth-order valence-corrected chi connectivity index (χ4v) is 3.11. The number of nitrogens with one attached hydrogen (secondary N) is 1. The molecule has 0 aliphatic heterocycles. The highest BCUT2D eigenvalue weighted by atomic mass is 32.1. The van der Waals surface area contributed by atoms with Crippen molar-refractivity contribution in [3.8, 4) is 0 Å².